The summed E-state index contributed by atoms with van der Waals surface area (Å²) in [6, 6.07) is 1.53. The molecule has 0 bridgehead atoms. The van der Waals surface area contributed by atoms with Crippen molar-refractivity contribution in [1.82, 2.24) is 0 Å². The summed E-state index contributed by atoms with van der Waals surface area (Å²) in [5, 5.41) is 0.740. The average molecular weight is 394 g/mol. The second-order valence-electron chi connectivity index (χ2n) is 8.94. The van der Waals surface area contributed by atoms with Gasteiger partial charge in [0.05, 0.1) is 16.9 Å². The molecule has 29 heavy (non-hydrogen) atoms. The lowest BCUT2D eigenvalue weighted by molar-refractivity contribution is 0.0521. The molecule has 152 valence electrons. The van der Waals surface area contributed by atoms with Crippen LogP contribution in [0.15, 0.2) is 21.4 Å². The van der Waals surface area contributed by atoms with E-state index >= 15 is 0 Å². The average Bonchev–Trinajstić information content (AvgIpc) is 2.67. The van der Waals surface area contributed by atoms with Crippen LogP contribution in [0.25, 0.3) is 17.0 Å². The first kappa shape index (κ1) is 18.5. The summed E-state index contributed by atoms with van der Waals surface area (Å²) in [6.07, 6.45) is 9.23. The van der Waals surface area contributed by atoms with E-state index in [2.05, 4.69) is 6.92 Å². The first-order valence-corrected chi connectivity index (χ1v) is 10.7. The Labute approximate surface area is 169 Å². The van der Waals surface area contributed by atoms with Crippen molar-refractivity contribution < 1.29 is 18.7 Å². The number of ether oxygens (including phenoxy) is 2. The maximum Gasteiger partial charge on any atom is 0.336 e. The standard InChI is InChI=1S/C24H26O5/c1-4-7-13-12-17(25)28-23-18(13)22-15(10-11-24(2,3)29-22)21-19(23)20(26)14-8-5-6-9-16(14)27-21/h10-12,14,16H,4-9H2,1-3H3/t14-,16-/m0/s1. The highest BCUT2D eigenvalue weighted by Crippen LogP contribution is 2.50. The zero-order chi connectivity index (χ0) is 20.3. The number of hydrogen-bond donors (Lipinski definition) is 0. The molecule has 5 heteroatoms. The van der Waals surface area contributed by atoms with Gasteiger partial charge < -0.3 is 13.9 Å². The topological polar surface area (TPSA) is 65.7 Å². The Hall–Kier alpha value is -2.56. The van der Waals surface area contributed by atoms with Gasteiger partial charge in [0.2, 0.25) is 0 Å². The first-order chi connectivity index (χ1) is 13.9. The molecule has 0 amide bonds. The van der Waals surface area contributed by atoms with Crippen molar-refractivity contribution in [2.45, 2.75) is 71.0 Å². The molecule has 2 atom stereocenters. The summed E-state index contributed by atoms with van der Waals surface area (Å²) in [7, 11) is 0. The van der Waals surface area contributed by atoms with Crippen LogP contribution in [-0.2, 0) is 6.42 Å². The Balaban J connectivity index is 1.88. The Morgan fingerprint density at radius 3 is 2.72 bits per heavy atom. The van der Waals surface area contributed by atoms with Crippen LogP contribution in [0.4, 0.5) is 0 Å². The molecule has 0 saturated heterocycles. The molecule has 1 aromatic heterocycles. The van der Waals surface area contributed by atoms with Crippen LogP contribution in [0.1, 0.15) is 74.4 Å². The van der Waals surface area contributed by atoms with Crippen LogP contribution >= 0.6 is 0 Å². The summed E-state index contributed by atoms with van der Waals surface area (Å²) in [4.78, 5) is 25.9. The van der Waals surface area contributed by atoms with Gasteiger partial charge in [0.1, 0.15) is 28.8 Å². The van der Waals surface area contributed by atoms with Crippen molar-refractivity contribution in [3.05, 3.63) is 39.3 Å². The summed E-state index contributed by atoms with van der Waals surface area (Å²) in [5.74, 6) is 1.05. The second-order valence-corrected chi connectivity index (χ2v) is 8.94. The van der Waals surface area contributed by atoms with Crippen molar-refractivity contribution in [2.24, 2.45) is 5.92 Å². The summed E-state index contributed by atoms with van der Waals surface area (Å²) in [5.41, 5.74) is 1.46. The van der Waals surface area contributed by atoms with E-state index in [-0.39, 0.29) is 17.8 Å². The van der Waals surface area contributed by atoms with Gasteiger partial charge in [-0.05, 0) is 57.2 Å². The quantitative estimate of drug-likeness (QED) is 0.666. The smallest absolute Gasteiger partial charge is 0.336 e. The van der Waals surface area contributed by atoms with Crippen LogP contribution in [0.5, 0.6) is 11.5 Å². The van der Waals surface area contributed by atoms with Crippen LogP contribution < -0.4 is 15.1 Å². The maximum atomic E-state index is 13.6. The predicted molar refractivity (Wildman–Crippen MR) is 111 cm³/mol. The monoisotopic (exact) mass is 394 g/mol. The van der Waals surface area contributed by atoms with Gasteiger partial charge in [-0.1, -0.05) is 19.8 Å². The van der Waals surface area contributed by atoms with E-state index in [0.29, 0.717) is 29.1 Å². The lowest BCUT2D eigenvalue weighted by atomic mass is 9.78. The molecule has 0 radical (unpaired) electrons. The fourth-order valence-corrected chi connectivity index (χ4v) is 4.97. The van der Waals surface area contributed by atoms with Gasteiger partial charge in [-0.25, -0.2) is 4.79 Å². The van der Waals surface area contributed by atoms with Gasteiger partial charge in [0.25, 0.3) is 0 Å². The molecule has 5 nitrogen and oxygen atoms in total. The lowest BCUT2D eigenvalue weighted by Crippen LogP contribution is -2.40. The van der Waals surface area contributed by atoms with Crippen molar-refractivity contribution in [2.75, 3.05) is 0 Å². The van der Waals surface area contributed by atoms with Gasteiger partial charge in [0.15, 0.2) is 11.4 Å². The Morgan fingerprint density at radius 1 is 1.14 bits per heavy atom. The van der Waals surface area contributed by atoms with E-state index in [1.807, 2.05) is 26.0 Å². The van der Waals surface area contributed by atoms with E-state index in [0.717, 1.165) is 48.6 Å². The summed E-state index contributed by atoms with van der Waals surface area (Å²) < 4.78 is 18.4. The lowest BCUT2D eigenvalue weighted by Gasteiger charge is -2.38. The Bertz CT molecular complexity index is 1100. The van der Waals surface area contributed by atoms with Gasteiger partial charge in [-0.3, -0.25) is 4.79 Å². The number of carbonyl (C=O) groups is 1. The van der Waals surface area contributed by atoms with Crippen LogP contribution in [0, 0.1) is 5.92 Å². The molecule has 3 heterocycles. The minimum absolute atomic E-state index is 0.0405. The summed E-state index contributed by atoms with van der Waals surface area (Å²) >= 11 is 0. The Kier molecular flexibility index (Phi) is 4.12. The zero-order valence-corrected chi connectivity index (χ0v) is 17.2. The van der Waals surface area contributed by atoms with Crippen LogP contribution in [0.2, 0.25) is 0 Å². The largest absolute Gasteiger partial charge is 0.488 e. The van der Waals surface area contributed by atoms with Gasteiger partial charge in [-0.2, -0.15) is 0 Å². The number of ketones is 1. The van der Waals surface area contributed by atoms with Gasteiger partial charge in [0, 0.05) is 6.07 Å². The molecule has 5 rings (SSSR count). The van der Waals surface area contributed by atoms with Gasteiger partial charge >= 0.3 is 5.63 Å². The maximum absolute atomic E-state index is 13.6. The number of rotatable bonds is 2. The molecule has 0 unspecified atom stereocenters. The highest BCUT2D eigenvalue weighted by molar-refractivity contribution is 6.14. The molecule has 1 aromatic carbocycles. The molecule has 1 aliphatic carbocycles. The molecule has 0 spiro atoms. The molecule has 0 N–H and O–H groups in total. The number of fused-ring (bicyclic) bond motifs is 7. The zero-order valence-electron chi connectivity index (χ0n) is 17.2. The van der Waals surface area contributed by atoms with E-state index < -0.39 is 11.2 Å². The minimum atomic E-state index is -0.500. The number of benzene rings is 1. The molecular formula is C24H26O5. The second kappa shape index (κ2) is 6.48. The van der Waals surface area contributed by atoms with Crippen molar-refractivity contribution in [3.8, 4) is 11.5 Å². The highest BCUT2D eigenvalue weighted by atomic mass is 16.5. The van der Waals surface area contributed by atoms with E-state index in [1.54, 1.807) is 0 Å². The number of hydrogen-bond acceptors (Lipinski definition) is 5. The molecular weight excluding hydrogens is 368 g/mol. The predicted octanol–water partition coefficient (Wildman–Crippen LogP) is 5.06. The fraction of sp³-hybridized carbons (Fsp3) is 0.500. The third kappa shape index (κ3) is 2.82. The fourth-order valence-electron chi connectivity index (χ4n) is 4.97. The van der Waals surface area contributed by atoms with Gasteiger partial charge in [-0.15, -0.1) is 0 Å². The van der Waals surface area contributed by atoms with Crippen molar-refractivity contribution >= 4 is 22.8 Å². The number of Topliss-reactive ketones (excluding diaryl/α,β-unsaturated/α-hetero) is 1. The SMILES string of the molecule is CCCc1cc(=O)oc2c3c(c4c(c12)OC(C)(C)C=C4)O[C@H]1CCCC[C@@H]1C3=O. The van der Waals surface area contributed by atoms with E-state index in [1.165, 1.54) is 6.07 Å². The normalized spacial score (nSPS) is 24.3. The Morgan fingerprint density at radius 2 is 1.93 bits per heavy atom. The molecule has 2 aliphatic heterocycles. The van der Waals surface area contributed by atoms with E-state index in [9.17, 15) is 9.59 Å². The number of aryl methyl sites for hydroxylation is 1. The summed E-state index contributed by atoms with van der Waals surface area (Å²) in [6.45, 7) is 6.04. The van der Waals surface area contributed by atoms with Crippen LogP contribution in [-0.4, -0.2) is 17.5 Å². The molecule has 1 fully saturated rings. The first-order valence-electron chi connectivity index (χ1n) is 10.7. The third-order valence-corrected chi connectivity index (χ3v) is 6.30. The number of carbonyl (C=O) groups excluding carboxylic acids is 1. The van der Waals surface area contributed by atoms with Crippen molar-refractivity contribution in [3.63, 3.8) is 0 Å². The highest BCUT2D eigenvalue weighted by Gasteiger charge is 2.43. The van der Waals surface area contributed by atoms with Crippen molar-refractivity contribution in [1.29, 1.82) is 0 Å². The minimum Gasteiger partial charge on any atom is -0.488 e. The third-order valence-electron chi connectivity index (χ3n) is 6.30. The molecule has 3 aliphatic rings. The molecule has 1 saturated carbocycles. The molecule has 2 aromatic rings. The van der Waals surface area contributed by atoms with Crippen LogP contribution in [0.3, 0.4) is 0 Å². The van der Waals surface area contributed by atoms with E-state index in [4.69, 9.17) is 13.9 Å².